The molecule has 2 aromatic carbocycles. The van der Waals surface area contributed by atoms with Crippen molar-refractivity contribution in [3.63, 3.8) is 0 Å². The highest BCUT2D eigenvalue weighted by molar-refractivity contribution is 6.50. The van der Waals surface area contributed by atoms with Crippen LogP contribution in [0.3, 0.4) is 0 Å². The van der Waals surface area contributed by atoms with Crippen molar-refractivity contribution in [2.24, 2.45) is 15.5 Å². The van der Waals surface area contributed by atoms with Crippen LogP contribution < -0.4 is 19.7 Å². The van der Waals surface area contributed by atoms with Crippen LogP contribution in [0.4, 0.5) is 11.4 Å². The minimum Gasteiger partial charge on any atom is -0.497 e. The smallest absolute Gasteiger partial charge is 0.261 e. The summed E-state index contributed by atoms with van der Waals surface area (Å²) in [5.74, 6) is 2.51. The van der Waals surface area contributed by atoms with Crippen LogP contribution in [-0.4, -0.2) is 75.8 Å². The molecule has 0 saturated carbocycles. The zero-order valence-corrected chi connectivity index (χ0v) is 30.8. The normalized spacial score (nSPS) is 18.8. The van der Waals surface area contributed by atoms with Crippen LogP contribution in [-0.2, 0) is 4.79 Å². The maximum Gasteiger partial charge on any atom is 0.261 e. The van der Waals surface area contributed by atoms with E-state index < -0.39 is 6.10 Å². The number of aliphatic imine (C=N–C) groups is 1. The number of benzene rings is 2. The Kier molecular flexibility index (Phi) is 10.5. The number of nitrogens with one attached hydrogen (secondary N) is 1. The van der Waals surface area contributed by atoms with Gasteiger partial charge in [0.05, 0.1) is 18.5 Å². The zero-order valence-electron chi connectivity index (χ0n) is 30.8. The maximum absolute atomic E-state index is 13.1. The van der Waals surface area contributed by atoms with Crippen molar-refractivity contribution in [1.82, 2.24) is 20.2 Å². The molecule has 5 rings (SSSR count). The second kappa shape index (κ2) is 14.3. The maximum atomic E-state index is 13.1. The Morgan fingerprint density at radius 1 is 1.18 bits per heavy atom. The SMILES string of the molecule is CCC(Oc1ccc(OC)cc1)C(=O)NCC(C)c1nc2n(n1)N=C(C(C)(C)C)C2=Nc1cc2c(cc1C)N(CCCO)C(C)(C)CC2C. The van der Waals surface area contributed by atoms with Gasteiger partial charge >= 0.3 is 0 Å². The monoisotopic (exact) mass is 671 g/mol. The number of hydrogen-bond acceptors (Lipinski definition) is 9. The third kappa shape index (κ3) is 7.66. The second-order valence-corrected chi connectivity index (χ2v) is 15.0. The minimum absolute atomic E-state index is 0.0110. The molecule has 11 heteroatoms. The van der Waals surface area contributed by atoms with E-state index in [-0.39, 0.29) is 29.4 Å². The van der Waals surface area contributed by atoms with Gasteiger partial charge in [0.2, 0.25) is 5.82 Å². The van der Waals surface area contributed by atoms with E-state index in [4.69, 9.17) is 29.7 Å². The standard InChI is InChI=1S/C38H53N7O4/c1-11-31(49-27-15-13-26(48-10)14-16-27)36(47)39-22-25(4)34-41-35-32(33(37(5,6)7)42-45(35)43-34)40-29-20-28-24(3)21-38(8,9)44(17-12-18-46)30(28)19-23(29)2/h13-16,19-20,24-25,31,46H,11-12,17-18,21-22H2,1-10H3,(H,39,47). The predicted octanol–water partition coefficient (Wildman–Crippen LogP) is 6.53. The van der Waals surface area contributed by atoms with Crippen molar-refractivity contribution >= 4 is 28.7 Å². The second-order valence-electron chi connectivity index (χ2n) is 15.0. The van der Waals surface area contributed by atoms with Crippen molar-refractivity contribution < 1.29 is 19.4 Å². The number of ether oxygens (including phenoxy) is 2. The van der Waals surface area contributed by atoms with Crippen LogP contribution in [0, 0.1) is 12.3 Å². The van der Waals surface area contributed by atoms with Gasteiger partial charge in [-0.05, 0) is 93.5 Å². The number of rotatable bonds is 12. The molecule has 3 unspecified atom stereocenters. The summed E-state index contributed by atoms with van der Waals surface area (Å²) >= 11 is 0. The molecule has 2 N–H and O–H groups in total. The first-order valence-corrected chi connectivity index (χ1v) is 17.4. The fourth-order valence-electron chi connectivity index (χ4n) is 6.72. The van der Waals surface area contributed by atoms with E-state index in [1.165, 1.54) is 11.3 Å². The number of amides is 1. The Morgan fingerprint density at radius 3 is 2.51 bits per heavy atom. The molecule has 2 aliphatic rings. The van der Waals surface area contributed by atoms with E-state index in [9.17, 15) is 9.90 Å². The third-order valence-electron chi connectivity index (χ3n) is 9.45. The molecule has 49 heavy (non-hydrogen) atoms. The fraction of sp³-hybridized carbons (Fsp3) is 0.553. The Bertz CT molecular complexity index is 1720. The molecule has 3 aromatic rings. The number of anilines is 1. The minimum atomic E-state index is -0.631. The van der Waals surface area contributed by atoms with Gasteiger partial charge in [-0.15, -0.1) is 9.89 Å². The highest BCUT2D eigenvalue weighted by atomic mass is 16.5. The van der Waals surface area contributed by atoms with Gasteiger partial charge in [-0.25, -0.2) is 9.98 Å². The summed E-state index contributed by atoms with van der Waals surface area (Å²) in [6.45, 7) is 20.5. The third-order valence-corrected chi connectivity index (χ3v) is 9.45. The number of fused-ring (bicyclic) bond motifs is 2. The number of aliphatic hydroxyl groups excluding tert-OH is 1. The van der Waals surface area contributed by atoms with Crippen LogP contribution in [0.5, 0.6) is 11.5 Å². The Morgan fingerprint density at radius 2 is 1.88 bits per heavy atom. The summed E-state index contributed by atoms with van der Waals surface area (Å²) in [5, 5.41) is 22.2. The van der Waals surface area contributed by atoms with Crippen LogP contribution in [0.2, 0.25) is 0 Å². The summed E-state index contributed by atoms with van der Waals surface area (Å²) in [4.78, 5) is 27.3. The van der Waals surface area contributed by atoms with Gasteiger partial charge in [0, 0.05) is 42.3 Å². The lowest BCUT2D eigenvalue weighted by atomic mass is 9.79. The van der Waals surface area contributed by atoms with E-state index >= 15 is 0 Å². The number of aliphatic hydroxyl groups is 1. The van der Waals surface area contributed by atoms with Crippen LogP contribution in [0.15, 0.2) is 46.5 Å². The first-order valence-electron chi connectivity index (χ1n) is 17.4. The molecule has 0 saturated heterocycles. The molecular formula is C38H53N7O4. The quantitative estimate of drug-likeness (QED) is 0.224. The van der Waals surface area contributed by atoms with Crippen LogP contribution >= 0.6 is 0 Å². The summed E-state index contributed by atoms with van der Waals surface area (Å²) < 4.78 is 11.2. The Hall–Kier alpha value is -4.25. The van der Waals surface area contributed by atoms with Crippen molar-refractivity contribution in [2.75, 3.05) is 31.7 Å². The molecular weight excluding hydrogens is 618 g/mol. The average Bonchev–Trinajstić information content (AvgIpc) is 3.62. The number of aromatic nitrogens is 3. The highest BCUT2D eigenvalue weighted by Gasteiger charge is 2.38. The molecule has 3 heterocycles. The van der Waals surface area contributed by atoms with Crippen molar-refractivity contribution in [3.8, 4) is 11.5 Å². The molecule has 3 atom stereocenters. The van der Waals surface area contributed by atoms with E-state index in [2.05, 4.69) is 70.8 Å². The van der Waals surface area contributed by atoms with Crippen LogP contribution in [0.25, 0.3) is 0 Å². The van der Waals surface area contributed by atoms with Crippen molar-refractivity contribution in [1.29, 1.82) is 0 Å². The predicted molar refractivity (Wildman–Crippen MR) is 195 cm³/mol. The highest BCUT2D eigenvalue weighted by Crippen LogP contribution is 2.46. The number of methoxy groups -OCH3 is 1. The first kappa shape index (κ1) is 36.0. The molecule has 0 fully saturated rings. The Labute approximate surface area is 290 Å². The number of nitrogens with zero attached hydrogens (tertiary/aromatic N) is 6. The van der Waals surface area contributed by atoms with Gasteiger partial charge < -0.3 is 24.8 Å². The molecule has 0 radical (unpaired) electrons. The van der Waals surface area contributed by atoms with Gasteiger partial charge in [0.15, 0.2) is 11.9 Å². The fourth-order valence-corrected chi connectivity index (χ4v) is 6.72. The molecule has 0 bridgehead atoms. The van der Waals surface area contributed by atoms with Gasteiger partial charge in [-0.1, -0.05) is 41.5 Å². The van der Waals surface area contributed by atoms with Gasteiger partial charge in [-0.3, -0.25) is 4.79 Å². The van der Waals surface area contributed by atoms with Gasteiger partial charge in [0.1, 0.15) is 17.2 Å². The Balaban J connectivity index is 1.38. The zero-order chi connectivity index (χ0) is 35.7. The average molecular weight is 672 g/mol. The number of carbonyl (C=O) groups excluding carboxylic acids is 1. The van der Waals surface area contributed by atoms with E-state index in [0.717, 1.165) is 42.1 Å². The summed E-state index contributed by atoms with van der Waals surface area (Å²) in [6, 6.07) is 11.7. The van der Waals surface area contributed by atoms with E-state index in [1.54, 1.807) is 36.2 Å². The molecule has 2 aliphatic heterocycles. The van der Waals surface area contributed by atoms with Crippen molar-refractivity contribution in [2.45, 2.75) is 105 Å². The number of aryl methyl sites for hydroxylation is 1. The van der Waals surface area contributed by atoms with Gasteiger partial charge in [-0.2, -0.15) is 5.10 Å². The topological polar surface area (TPSA) is 126 Å². The molecule has 11 nitrogen and oxygen atoms in total. The molecule has 1 amide bonds. The van der Waals surface area contributed by atoms with Crippen molar-refractivity contribution in [3.05, 3.63) is 59.2 Å². The molecule has 1 aromatic heterocycles. The van der Waals surface area contributed by atoms with E-state index in [0.29, 0.717) is 42.0 Å². The number of carbonyl (C=O) groups is 1. The number of hydrogen-bond donors (Lipinski definition) is 2. The largest absolute Gasteiger partial charge is 0.497 e. The summed E-state index contributed by atoms with van der Waals surface area (Å²) in [6.07, 6.45) is 1.63. The lowest BCUT2D eigenvalue weighted by Gasteiger charge is -2.48. The lowest BCUT2D eigenvalue weighted by Crippen LogP contribution is -2.49. The van der Waals surface area contributed by atoms with Gasteiger partial charge in [0.25, 0.3) is 5.91 Å². The molecule has 0 aliphatic carbocycles. The molecule has 264 valence electrons. The first-order chi connectivity index (χ1) is 23.2. The lowest BCUT2D eigenvalue weighted by molar-refractivity contribution is -0.128. The van der Waals surface area contributed by atoms with E-state index in [1.807, 2.05) is 13.8 Å². The molecule has 0 spiro atoms. The summed E-state index contributed by atoms with van der Waals surface area (Å²) in [5.41, 5.74) is 5.68. The summed E-state index contributed by atoms with van der Waals surface area (Å²) in [7, 11) is 1.61. The van der Waals surface area contributed by atoms with Crippen LogP contribution in [0.1, 0.15) is 109 Å².